The molecule has 3 N–H and O–H groups in total. The number of hydrogen-bond acceptors (Lipinski definition) is 2. The third-order valence-electron chi connectivity index (χ3n) is 2.74. The fourth-order valence-electron chi connectivity index (χ4n) is 1.71. The normalized spacial score (nSPS) is 10.1. The predicted octanol–water partition coefficient (Wildman–Crippen LogP) is 3.38. The second-order valence-corrected chi connectivity index (χ2v) is 4.28. The zero-order valence-corrected chi connectivity index (χ0v) is 10.5. The van der Waals surface area contributed by atoms with Crippen LogP contribution in [0, 0.1) is 19.3 Å². The van der Waals surface area contributed by atoms with E-state index in [4.69, 9.17) is 15.9 Å². The van der Waals surface area contributed by atoms with Gasteiger partial charge >= 0.3 is 0 Å². The Kier molecular flexibility index (Phi) is 3.33. The van der Waals surface area contributed by atoms with Gasteiger partial charge in [-0.15, -0.1) is 0 Å². The number of rotatable bonds is 3. The lowest BCUT2D eigenvalue weighted by molar-refractivity contribution is 0.477. The molecule has 0 unspecified atom stereocenters. The van der Waals surface area contributed by atoms with Crippen molar-refractivity contribution < 1.29 is 4.74 Å². The molecule has 0 aliphatic rings. The standard InChI is InChI=1S/C15H16N2O/c1-10-7-8-11(2)14(9-10)18-13-6-4-3-5-12(13)15(16)17/h3-9H,1-2H3,(H3,16,17). The van der Waals surface area contributed by atoms with Gasteiger partial charge in [0, 0.05) is 0 Å². The van der Waals surface area contributed by atoms with Crippen LogP contribution in [-0.4, -0.2) is 5.84 Å². The van der Waals surface area contributed by atoms with E-state index in [1.807, 2.05) is 50.2 Å². The van der Waals surface area contributed by atoms with Crippen LogP contribution >= 0.6 is 0 Å². The van der Waals surface area contributed by atoms with Crippen LogP contribution in [0.3, 0.4) is 0 Å². The Labute approximate surface area is 107 Å². The van der Waals surface area contributed by atoms with Crippen LogP contribution < -0.4 is 10.5 Å². The fraction of sp³-hybridized carbons (Fsp3) is 0.133. The highest BCUT2D eigenvalue weighted by atomic mass is 16.5. The van der Waals surface area contributed by atoms with Crippen LogP contribution in [0.2, 0.25) is 0 Å². The molecule has 92 valence electrons. The van der Waals surface area contributed by atoms with Crippen LogP contribution in [0.5, 0.6) is 11.5 Å². The molecule has 0 spiro atoms. The molecule has 3 heteroatoms. The van der Waals surface area contributed by atoms with Gasteiger partial charge in [0.15, 0.2) is 0 Å². The second kappa shape index (κ2) is 4.92. The van der Waals surface area contributed by atoms with E-state index in [0.717, 1.165) is 16.9 Å². The average Bonchev–Trinajstić information content (AvgIpc) is 2.34. The number of hydrogen-bond donors (Lipinski definition) is 2. The molecular formula is C15H16N2O. The van der Waals surface area contributed by atoms with Crippen molar-refractivity contribution in [2.75, 3.05) is 0 Å². The van der Waals surface area contributed by atoms with Crippen molar-refractivity contribution in [3.8, 4) is 11.5 Å². The predicted molar refractivity (Wildman–Crippen MR) is 73.4 cm³/mol. The van der Waals surface area contributed by atoms with Gasteiger partial charge < -0.3 is 10.5 Å². The van der Waals surface area contributed by atoms with Gasteiger partial charge in [-0.25, -0.2) is 0 Å². The Bertz CT molecular complexity index is 591. The van der Waals surface area contributed by atoms with Gasteiger partial charge in [0.05, 0.1) is 5.56 Å². The molecule has 0 aromatic heterocycles. The molecule has 0 saturated carbocycles. The van der Waals surface area contributed by atoms with Crippen molar-refractivity contribution in [1.82, 2.24) is 0 Å². The minimum absolute atomic E-state index is 0.0101. The maximum absolute atomic E-state index is 7.54. The lowest BCUT2D eigenvalue weighted by Gasteiger charge is -2.12. The van der Waals surface area contributed by atoms with E-state index in [0.29, 0.717) is 11.3 Å². The van der Waals surface area contributed by atoms with Gasteiger partial charge in [0.25, 0.3) is 0 Å². The topological polar surface area (TPSA) is 59.1 Å². The summed E-state index contributed by atoms with van der Waals surface area (Å²) in [4.78, 5) is 0. The molecule has 0 heterocycles. The fourth-order valence-corrected chi connectivity index (χ4v) is 1.71. The molecule has 18 heavy (non-hydrogen) atoms. The van der Waals surface area contributed by atoms with Crippen LogP contribution in [0.4, 0.5) is 0 Å². The molecule has 0 bridgehead atoms. The number of amidine groups is 1. The summed E-state index contributed by atoms with van der Waals surface area (Å²) in [5, 5.41) is 7.54. The highest BCUT2D eigenvalue weighted by molar-refractivity contribution is 5.97. The van der Waals surface area contributed by atoms with E-state index in [1.165, 1.54) is 0 Å². The highest BCUT2D eigenvalue weighted by Crippen LogP contribution is 2.28. The Balaban J connectivity index is 2.40. The minimum Gasteiger partial charge on any atom is -0.456 e. The molecule has 0 saturated heterocycles. The lowest BCUT2D eigenvalue weighted by Crippen LogP contribution is -2.12. The summed E-state index contributed by atoms with van der Waals surface area (Å²) >= 11 is 0. The van der Waals surface area contributed by atoms with E-state index in [9.17, 15) is 0 Å². The summed E-state index contributed by atoms with van der Waals surface area (Å²) < 4.78 is 5.86. The Morgan fingerprint density at radius 3 is 2.50 bits per heavy atom. The molecular weight excluding hydrogens is 224 g/mol. The van der Waals surface area contributed by atoms with Crippen molar-refractivity contribution in [1.29, 1.82) is 5.41 Å². The first kappa shape index (κ1) is 12.2. The Morgan fingerprint density at radius 2 is 1.78 bits per heavy atom. The molecule has 2 aromatic rings. The number of nitrogen functional groups attached to an aromatic ring is 1. The number of benzene rings is 2. The summed E-state index contributed by atoms with van der Waals surface area (Å²) in [5.74, 6) is 1.42. The van der Waals surface area contributed by atoms with E-state index in [1.54, 1.807) is 6.07 Å². The van der Waals surface area contributed by atoms with Crippen molar-refractivity contribution in [3.63, 3.8) is 0 Å². The second-order valence-electron chi connectivity index (χ2n) is 4.28. The van der Waals surface area contributed by atoms with E-state index < -0.39 is 0 Å². The zero-order chi connectivity index (χ0) is 13.1. The van der Waals surface area contributed by atoms with Crippen molar-refractivity contribution >= 4 is 5.84 Å². The lowest BCUT2D eigenvalue weighted by atomic mass is 10.1. The molecule has 3 nitrogen and oxygen atoms in total. The summed E-state index contributed by atoms with van der Waals surface area (Å²) in [7, 11) is 0. The van der Waals surface area contributed by atoms with E-state index in [-0.39, 0.29) is 5.84 Å². The minimum atomic E-state index is 0.0101. The summed E-state index contributed by atoms with van der Waals surface area (Å²) in [6.45, 7) is 4.01. The molecule has 2 rings (SSSR count). The maximum Gasteiger partial charge on any atom is 0.138 e. The van der Waals surface area contributed by atoms with Gasteiger partial charge in [-0.2, -0.15) is 0 Å². The monoisotopic (exact) mass is 240 g/mol. The van der Waals surface area contributed by atoms with Gasteiger partial charge in [-0.1, -0.05) is 24.3 Å². The molecule has 0 amide bonds. The largest absolute Gasteiger partial charge is 0.456 e. The number of nitrogens with one attached hydrogen (secondary N) is 1. The first-order valence-corrected chi connectivity index (χ1v) is 5.76. The average molecular weight is 240 g/mol. The highest BCUT2D eigenvalue weighted by Gasteiger charge is 2.08. The molecule has 0 radical (unpaired) electrons. The number of nitrogens with two attached hydrogens (primary N) is 1. The summed E-state index contributed by atoms with van der Waals surface area (Å²) in [5.41, 5.74) is 8.34. The van der Waals surface area contributed by atoms with Crippen molar-refractivity contribution in [2.24, 2.45) is 5.73 Å². The number of para-hydroxylation sites is 1. The van der Waals surface area contributed by atoms with E-state index in [2.05, 4.69) is 0 Å². The van der Waals surface area contributed by atoms with Crippen molar-refractivity contribution in [3.05, 3.63) is 59.2 Å². The zero-order valence-electron chi connectivity index (χ0n) is 10.5. The third kappa shape index (κ3) is 2.51. The van der Waals surface area contributed by atoms with Gasteiger partial charge in [0.1, 0.15) is 17.3 Å². The quantitative estimate of drug-likeness (QED) is 0.638. The molecule has 0 aliphatic carbocycles. The van der Waals surface area contributed by atoms with Crippen LogP contribution in [0.25, 0.3) is 0 Å². The molecule has 2 aromatic carbocycles. The molecule has 0 atom stereocenters. The van der Waals surface area contributed by atoms with E-state index >= 15 is 0 Å². The van der Waals surface area contributed by atoms with Crippen LogP contribution in [0.15, 0.2) is 42.5 Å². The SMILES string of the molecule is Cc1ccc(C)c(Oc2ccccc2C(=N)N)c1. The molecule has 0 fully saturated rings. The smallest absolute Gasteiger partial charge is 0.138 e. The van der Waals surface area contributed by atoms with Crippen LogP contribution in [-0.2, 0) is 0 Å². The summed E-state index contributed by atoms with van der Waals surface area (Å²) in [6.07, 6.45) is 0. The first-order valence-electron chi connectivity index (χ1n) is 5.76. The Morgan fingerprint density at radius 1 is 1.06 bits per heavy atom. The van der Waals surface area contributed by atoms with Crippen LogP contribution in [0.1, 0.15) is 16.7 Å². The number of ether oxygens (including phenoxy) is 1. The van der Waals surface area contributed by atoms with Gasteiger partial charge in [-0.3, -0.25) is 5.41 Å². The van der Waals surface area contributed by atoms with Crippen molar-refractivity contribution in [2.45, 2.75) is 13.8 Å². The summed E-state index contributed by atoms with van der Waals surface area (Å²) in [6, 6.07) is 13.3. The Hall–Kier alpha value is -2.29. The maximum atomic E-state index is 7.54. The van der Waals surface area contributed by atoms with Gasteiger partial charge in [-0.05, 0) is 43.2 Å². The first-order chi connectivity index (χ1) is 8.58. The third-order valence-corrected chi connectivity index (χ3v) is 2.74. The molecule has 0 aliphatic heterocycles. The van der Waals surface area contributed by atoms with Gasteiger partial charge in [0.2, 0.25) is 0 Å². The number of aryl methyl sites for hydroxylation is 2.